The van der Waals surface area contributed by atoms with Crippen molar-refractivity contribution in [3.8, 4) is 0 Å². The average molecular weight is 385 g/mol. The Bertz CT molecular complexity index is 655. The van der Waals surface area contributed by atoms with Crippen molar-refractivity contribution < 1.29 is 4.79 Å². The highest BCUT2D eigenvalue weighted by molar-refractivity contribution is 6.39. The van der Waals surface area contributed by atoms with Crippen LogP contribution >= 0.6 is 0 Å². The van der Waals surface area contributed by atoms with Gasteiger partial charge in [0.2, 0.25) is 0 Å². The largest absolute Gasteiger partial charge is 0.306 e. The Hall–Kier alpha value is -1.64. The summed E-state index contributed by atoms with van der Waals surface area (Å²) in [6, 6.07) is 0.0843. The van der Waals surface area contributed by atoms with E-state index in [1.165, 1.54) is 5.57 Å². The van der Waals surface area contributed by atoms with Gasteiger partial charge < -0.3 is 4.90 Å². The molecular weight excluding hydrogens is 344 g/mol. The molecule has 0 N–H and O–H groups in total. The molecule has 0 saturated heterocycles. The summed E-state index contributed by atoms with van der Waals surface area (Å²) in [4.78, 5) is 20.4. The van der Waals surface area contributed by atoms with Gasteiger partial charge in [-0.15, -0.1) is 0 Å². The van der Waals surface area contributed by atoms with Crippen LogP contribution in [-0.2, 0) is 4.79 Å². The van der Waals surface area contributed by atoms with Gasteiger partial charge in [0, 0.05) is 0 Å². The predicted octanol–water partition coefficient (Wildman–Crippen LogP) is 6.47. The second-order valence-corrected chi connectivity index (χ2v) is 9.54. The molecule has 1 aliphatic heterocycles. The van der Waals surface area contributed by atoms with Crippen molar-refractivity contribution in [1.82, 2.24) is 4.90 Å². The lowest BCUT2D eigenvalue weighted by Crippen LogP contribution is -2.55. The molecule has 1 aliphatic carbocycles. The van der Waals surface area contributed by atoms with E-state index in [0.717, 1.165) is 44.9 Å². The smallest absolute Gasteiger partial charge is 0.270 e. The molecule has 0 bridgehead atoms. The minimum atomic E-state index is -0.350. The van der Waals surface area contributed by atoms with E-state index in [1.807, 2.05) is 13.0 Å². The number of hydrogen-bond acceptors (Lipinski definition) is 2. The fourth-order valence-corrected chi connectivity index (χ4v) is 4.93. The van der Waals surface area contributed by atoms with Crippen LogP contribution in [-0.4, -0.2) is 28.2 Å². The standard InChI is InChI=1S/C25H40N2O/c1-8-11-13-20(10-3)22(14-12-9-2)27-23(28)19(4)26-25(27)17-15-21(16-18-25)24(5,6)7/h8,10-11,13,21-22H,1,9,12,14-18H2,2-7H3/b13-11-,20-10+. The molecule has 1 spiro atoms. The van der Waals surface area contributed by atoms with Crippen LogP contribution in [0.2, 0.25) is 0 Å². The van der Waals surface area contributed by atoms with Crippen LogP contribution < -0.4 is 0 Å². The molecule has 1 saturated carbocycles. The highest BCUT2D eigenvalue weighted by Gasteiger charge is 2.51. The first-order chi connectivity index (χ1) is 13.2. The van der Waals surface area contributed by atoms with Crippen molar-refractivity contribution in [2.45, 2.75) is 98.2 Å². The van der Waals surface area contributed by atoms with Crippen molar-refractivity contribution in [3.63, 3.8) is 0 Å². The molecule has 3 heteroatoms. The lowest BCUT2D eigenvalue weighted by atomic mass is 9.69. The molecule has 1 unspecified atom stereocenters. The first-order valence-electron chi connectivity index (χ1n) is 11.1. The first-order valence-corrected chi connectivity index (χ1v) is 11.1. The zero-order valence-corrected chi connectivity index (χ0v) is 18.9. The van der Waals surface area contributed by atoms with E-state index in [2.05, 4.69) is 58.2 Å². The number of carbonyl (C=O) groups is 1. The predicted molar refractivity (Wildman–Crippen MR) is 121 cm³/mol. The average Bonchev–Trinajstić information content (AvgIpc) is 2.87. The Kier molecular flexibility index (Phi) is 7.47. The topological polar surface area (TPSA) is 32.7 Å². The molecule has 2 rings (SSSR count). The number of rotatable bonds is 7. The summed E-state index contributed by atoms with van der Waals surface area (Å²) in [5.41, 5.74) is 1.84. The van der Waals surface area contributed by atoms with Crippen molar-refractivity contribution >= 4 is 11.6 Å². The second kappa shape index (κ2) is 9.24. The molecule has 1 amide bonds. The molecule has 1 heterocycles. The van der Waals surface area contributed by atoms with Crippen LogP contribution in [0.5, 0.6) is 0 Å². The van der Waals surface area contributed by atoms with Gasteiger partial charge in [-0.25, -0.2) is 0 Å². The lowest BCUT2D eigenvalue weighted by molar-refractivity contribution is -0.132. The molecule has 3 nitrogen and oxygen atoms in total. The Morgan fingerprint density at radius 1 is 1.36 bits per heavy atom. The zero-order valence-electron chi connectivity index (χ0n) is 18.9. The number of amides is 1. The van der Waals surface area contributed by atoms with E-state index in [9.17, 15) is 4.79 Å². The fourth-order valence-electron chi connectivity index (χ4n) is 4.93. The number of unbranched alkanes of at least 4 members (excludes halogenated alkanes) is 1. The summed E-state index contributed by atoms with van der Waals surface area (Å²) in [6.07, 6.45) is 15.5. The van der Waals surface area contributed by atoms with Gasteiger partial charge in [0.05, 0.1) is 11.8 Å². The molecule has 0 aromatic rings. The van der Waals surface area contributed by atoms with Crippen molar-refractivity contribution in [3.05, 3.63) is 36.5 Å². The lowest BCUT2D eigenvalue weighted by Gasteiger charge is -2.47. The third-order valence-corrected chi connectivity index (χ3v) is 6.65. The summed E-state index contributed by atoms with van der Waals surface area (Å²) < 4.78 is 0. The van der Waals surface area contributed by atoms with Crippen LogP contribution in [0.25, 0.3) is 0 Å². The Balaban J connectivity index is 2.38. The molecule has 1 fully saturated rings. The number of hydrogen-bond donors (Lipinski definition) is 0. The zero-order chi connectivity index (χ0) is 20.9. The SMILES string of the molecule is C=C/C=C\C(=C/C)C(CCCC)N1C(=O)C(C)=NC12CCC(C(C)(C)C)CC2. The van der Waals surface area contributed by atoms with E-state index >= 15 is 0 Å². The quantitative estimate of drug-likeness (QED) is 0.463. The Morgan fingerprint density at radius 3 is 2.50 bits per heavy atom. The third kappa shape index (κ3) is 4.67. The normalized spacial score (nSPS) is 27.6. The van der Waals surface area contributed by atoms with E-state index in [1.54, 1.807) is 6.08 Å². The van der Waals surface area contributed by atoms with Gasteiger partial charge in [-0.2, -0.15) is 0 Å². The van der Waals surface area contributed by atoms with Crippen LogP contribution in [0.4, 0.5) is 0 Å². The highest BCUT2D eigenvalue weighted by Crippen LogP contribution is 2.47. The molecule has 156 valence electrons. The molecule has 0 aromatic heterocycles. The van der Waals surface area contributed by atoms with Crippen molar-refractivity contribution in [1.29, 1.82) is 0 Å². The molecule has 0 radical (unpaired) electrons. The summed E-state index contributed by atoms with van der Waals surface area (Å²) >= 11 is 0. The van der Waals surface area contributed by atoms with Crippen LogP contribution in [0, 0.1) is 11.3 Å². The number of carbonyl (C=O) groups excluding carboxylic acids is 1. The minimum Gasteiger partial charge on any atom is -0.306 e. The Morgan fingerprint density at radius 2 is 2.00 bits per heavy atom. The maximum Gasteiger partial charge on any atom is 0.270 e. The maximum atomic E-state index is 13.3. The summed E-state index contributed by atoms with van der Waals surface area (Å²) in [6.45, 7) is 17.0. The number of nitrogens with zero attached hydrogens (tertiary/aromatic N) is 2. The van der Waals surface area contributed by atoms with E-state index in [0.29, 0.717) is 17.0 Å². The van der Waals surface area contributed by atoms with Gasteiger partial charge in [-0.3, -0.25) is 9.79 Å². The first kappa shape index (κ1) is 22.6. The second-order valence-electron chi connectivity index (χ2n) is 9.54. The van der Waals surface area contributed by atoms with Crippen LogP contribution in [0.15, 0.2) is 41.4 Å². The van der Waals surface area contributed by atoms with Gasteiger partial charge >= 0.3 is 0 Å². The van der Waals surface area contributed by atoms with Crippen molar-refractivity contribution in [2.75, 3.05) is 0 Å². The molecule has 2 aliphatic rings. The number of aliphatic imine (C=N–C) groups is 1. The summed E-state index contributed by atoms with van der Waals surface area (Å²) in [7, 11) is 0. The van der Waals surface area contributed by atoms with E-state index in [-0.39, 0.29) is 17.6 Å². The molecule has 28 heavy (non-hydrogen) atoms. The van der Waals surface area contributed by atoms with Crippen molar-refractivity contribution in [2.24, 2.45) is 16.3 Å². The third-order valence-electron chi connectivity index (χ3n) is 6.65. The van der Waals surface area contributed by atoms with Gasteiger partial charge in [0.1, 0.15) is 5.66 Å². The Labute approximate surface area is 172 Å². The summed E-state index contributed by atoms with van der Waals surface area (Å²) in [5.74, 6) is 0.823. The van der Waals surface area contributed by atoms with Crippen LogP contribution in [0.3, 0.4) is 0 Å². The summed E-state index contributed by atoms with van der Waals surface area (Å²) in [5, 5.41) is 0. The minimum absolute atomic E-state index is 0.0843. The van der Waals surface area contributed by atoms with Gasteiger partial charge in [-0.05, 0) is 62.9 Å². The van der Waals surface area contributed by atoms with Gasteiger partial charge in [0.15, 0.2) is 0 Å². The fraction of sp³-hybridized carbons (Fsp3) is 0.680. The number of allylic oxidation sites excluding steroid dienone is 3. The molecular formula is C25H40N2O. The van der Waals surface area contributed by atoms with E-state index in [4.69, 9.17) is 4.99 Å². The van der Waals surface area contributed by atoms with E-state index < -0.39 is 0 Å². The highest BCUT2D eigenvalue weighted by atomic mass is 16.2. The maximum absolute atomic E-state index is 13.3. The monoisotopic (exact) mass is 384 g/mol. The van der Waals surface area contributed by atoms with Gasteiger partial charge in [-0.1, -0.05) is 71.4 Å². The molecule has 0 aromatic carbocycles. The van der Waals surface area contributed by atoms with Gasteiger partial charge in [0.25, 0.3) is 5.91 Å². The van der Waals surface area contributed by atoms with Crippen LogP contribution in [0.1, 0.15) is 86.5 Å². The molecule has 1 atom stereocenters.